The molecule has 0 spiro atoms. The number of halogens is 1. The predicted octanol–water partition coefficient (Wildman–Crippen LogP) is 1.51. The minimum atomic E-state index is -3.67. The first kappa shape index (κ1) is 20.5. The van der Waals surface area contributed by atoms with Crippen LogP contribution in [0.1, 0.15) is 18.4 Å². The molecule has 1 aromatic carbocycles. The number of hydrogen-bond donors (Lipinski definition) is 3. The molecule has 1 heterocycles. The molecule has 0 bridgehead atoms. The van der Waals surface area contributed by atoms with E-state index in [0.29, 0.717) is 17.8 Å². The number of hydrogen-bond acceptors (Lipinski definition) is 4. The van der Waals surface area contributed by atoms with Crippen molar-refractivity contribution in [1.82, 2.24) is 10.6 Å². The van der Waals surface area contributed by atoms with Crippen LogP contribution in [0.5, 0.6) is 0 Å². The van der Waals surface area contributed by atoms with Crippen LogP contribution in [0.3, 0.4) is 0 Å². The lowest BCUT2D eigenvalue weighted by molar-refractivity contribution is 0.597. The van der Waals surface area contributed by atoms with Gasteiger partial charge in [-0.1, -0.05) is 12.1 Å². The van der Waals surface area contributed by atoms with E-state index in [0.717, 1.165) is 12.1 Å². The number of nitrogens with two attached hydrogens (primary N) is 1. The van der Waals surface area contributed by atoms with Crippen molar-refractivity contribution in [2.45, 2.75) is 29.5 Å². The molecule has 9 heteroatoms. The molecule has 0 aromatic heterocycles. The summed E-state index contributed by atoms with van der Waals surface area (Å²) in [5.41, 5.74) is 0.838. The van der Waals surface area contributed by atoms with E-state index in [1.807, 2.05) is 17.8 Å². The summed E-state index contributed by atoms with van der Waals surface area (Å²) in [7, 11) is -1.95. The summed E-state index contributed by atoms with van der Waals surface area (Å²) in [5, 5.41) is 12.3. The summed E-state index contributed by atoms with van der Waals surface area (Å²) < 4.78 is 22.7. The van der Waals surface area contributed by atoms with Crippen LogP contribution in [0.25, 0.3) is 0 Å². The number of nitrogens with one attached hydrogen (secondary N) is 2. The number of nitrogens with zero attached hydrogens (tertiary/aromatic N) is 1. The number of primary sulfonamides is 1. The molecule has 1 atom stereocenters. The van der Waals surface area contributed by atoms with E-state index in [2.05, 4.69) is 15.6 Å². The maximum Gasteiger partial charge on any atom is 0.238 e. The van der Waals surface area contributed by atoms with E-state index in [9.17, 15) is 8.42 Å². The van der Waals surface area contributed by atoms with Crippen LogP contribution in [0.4, 0.5) is 0 Å². The van der Waals surface area contributed by atoms with Crippen LogP contribution in [0.2, 0.25) is 0 Å². The monoisotopic (exact) mass is 470 g/mol. The third-order valence-corrected chi connectivity index (χ3v) is 5.74. The highest BCUT2D eigenvalue weighted by atomic mass is 127. The number of aliphatic imine (C=N–C) groups is 1. The van der Waals surface area contributed by atoms with Crippen molar-refractivity contribution in [1.29, 1.82) is 0 Å². The Morgan fingerprint density at radius 3 is 2.83 bits per heavy atom. The van der Waals surface area contributed by atoms with E-state index < -0.39 is 10.0 Å². The maximum absolute atomic E-state index is 11.3. The van der Waals surface area contributed by atoms with E-state index in [1.54, 1.807) is 19.2 Å². The molecule has 1 fully saturated rings. The first-order chi connectivity index (χ1) is 10.5. The van der Waals surface area contributed by atoms with Crippen molar-refractivity contribution in [3.8, 4) is 0 Å². The van der Waals surface area contributed by atoms with Crippen molar-refractivity contribution in [3.63, 3.8) is 0 Å². The molecular weight excluding hydrogens is 447 g/mol. The molecule has 6 nitrogen and oxygen atoms in total. The van der Waals surface area contributed by atoms with Crippen LogP contribution in [-0.4, -0.2) is 39.0 Å². The van der Waals surface area contributed by atoms with Gasteiger partial charge in [0.2, 0.25) is 10.0 Å². The zero-order chi connectivity index (χ0) is 16.0. The van der Waals surface area contributed by atoms with Gasteiger partial charge in [-0.3, -0.25) is 4.99 Å². The van der Waals surface area contributed by atoms with Crippen molar-refractivity contribution in [3.05, 3.63) is 29.8 Å². The number of thioether (sulfide) groups is 1. The third-order valence-electron chi connectivity index (χ3n) is 3.43. The zero-order valence-corrected chi connectivity index (χ0v) is 17.0. The Balaban J connectivity index is 0.00000264. The van der Waals surface area contributed by atoms with Gasteiger partial charge in [0.25, 0.3) is 0 Å². The topological polar surface area (TPSA) is 96.6 Å². The molecule has 130 valence electrons. The van der Waals surface area contributed by atoms with Gasteiger partial charge in [0.15, 0.2) is 5.96 Å². The fourth-order valence-electron chi connectivity index (χ4n) is 2.25. The molecule has 1 aliphatic heterocycles. The van der Waals surface area contributed by atoms with Gasteiger partial charge in [-0.25, -0.2) is 13.6 Å². The summed E-state index contributed by atoms with van der Waals surface area (Å²) in [6.45, 7) is 1.38. The second-order valence-corrected chi connectivity index (χ2v) is 8.10. The van der Waals surface area contributed by atoms with Crippen LogP contribution < -0.4 is 15.8 Å². The Bertz CT molecular complexity index is 631. The Morgan fingerprint density at radius 2 is 2.22 bits per heavy atom. The normalized spacial score (nSPS) is 18.3. The summed E-state index contributed by atoms with van der Waals surface area (Å²) in [5.74, 6) is 1.95. The molecule has 0 radical (unpaired) electrons. The molecule has 0 aliphatic carbocycles. The maximum atomic E-state index is 11.3. The highest BCUT2D eigenvalue weighted by molar-refractivity contribution is 14.0. The second-order valence-electron chi connectivity index (χ2n) is 5.13. The van der Waals surface area contributed by atoms with Crippen molar-refractivity contribution >= 4 is 51.7 Å². The molecule has 1 unspecified atom stereocenters. The lowest BCUT2D eigenvalue weighted by Gasteiger charge is -2.15. The Morgan fingerprint density at radius 1 is 1.43 bits per heavy atom. The van der Waals surface area contributed by atoms with Gasteiger partial charge in [-0.05, 0) is 36.3 Å². The first-order valence-electron chi connectivity index (χ1n) is 7.17. The average Bonchev–Trinajstić information content (AvgIpc) is 3.00. The van der Waals surface area contributed by atoms with Gasteiger partial charge >= 0.3 is 0 Å². The molecule has 1 aliphatic rings. The second kappa shape index (κ2) is 9.70. The van der Waals surface area contributed by atoms with Crippen molar-refractivity contribution < 1.29 is 8.42 Å². The Hall–Kier alpha value is -0.520. The first-order valence-corrected chi connectivity index (χ1v) is 9.76. The summed E-state index contributed by atoms with van der Waals surface area (Å²) in [4.78, 5) is 4.30. The standard InChI is InChI=1S/C14H22N4O2S2.HI/c1-16-14(18-10-12-5-3-7-21-12)17-9-11-4-2-6-13(8-11)22(15,19)20;/h2,4,6,8,12H,3,5,7,9-10H2,1H3,(H2,15,19,20)(H2,16,17,18);1H. The number of rotatable bonds is 5. The van der Waals surface area contributed by atoms with E-state index in [1.165, 1.54) is 24.7 Å². The van der Waals surface area contributed by atoms with Crippen molar-refractivity contribution in [2.24, 2.45) is 10.1 Å². The number of sulfonamides is 1. The molecule has 2 rings (SSSR count). The number of guanidine groups is 1. The molecule has 23 heavy (non-hydrogen) atoms. The van der Waals surface area contributed by atoms with Gasteiger partial charge in [-0.15, -0.1) is 24.0 Å². The molecule has 0 amide bonds. The van der Waals surface area contributed by atoms with E-state index in [4.69, 9.17) is 5.14 Å². The van der Waals surface area contributed by atoms with E-state index in [-0.39, 0.29) is 28.9 Å². The molecule has 0 saturated carbocycles. The third kappa shape index (κ3) is 6.86. The molecule has 4 N–H and O–H groups in total. The van der Waals surface area contributed by atoms with Gasteiger partial charge in [0.05, 0.1) is 4.90 Å². The molecular formula is C14H23IN4O2S2. The van der Waals surface area contributed by atoms with Gasteiger partial charge in [-0.2, -0.15) is 11.8 Å². The van der Waals surface area contributed by atoms with Crippen LogP contribution in [0, 0.1) is 0 Å². The average molecular weight is 470 g/mol. The zero-order valence-electron chi connectivity index (χ0n) is 13.0. The predicted molar refractivity (Wildman–Crippen MR) is 107 cm³/mol. The lowest BCUT2D eigenvalue weighted by atomic mass is 10.2. The van der Waals surface area contributed by atoms with Gasteiger partial charge in [0, 0.05) is 25.4 Å². The highest BCUT2D eigenvalue weighted by Gasteiger charge is 2.15. The van der Waals surface area contributed by atoms with E-state index >= 15 is 0 Å². The minimum Gasteiger partial charge on any atom is -0.355 e. The van der Waals surface area contributed by atoms with Crippen LogP contribution in [0.15, 0.2) is 34.2 Å². The molecule has 1 saturated heterocycles. The largest absolute Gasteiger partial charge is 0.355 e. The lowest BCUT2D eigenvalue weighted by Crippen LogP contribution is -2.39. The van der Waals surface area contributed by atoms with Crippen LogP contribution in [-0.2, 0) is 16.6 Å². The van der Waals surface area contributed by atoms with Gasteiger partial charge < -0.3 is 10.6 Å². The van der Waals surface area contributed by atoms with Crippen LogP contribution >= 0.6 is 35.7 Å². The van der Waals surface area contributed by atoms with Gasteiger partial charge in [0.1, 0.15) is 0 Å². The fourth-order valence-corrected chi connectivity index (χ4v) is 4.04. The van der Waals surface area contributed by atoms with Crippen molar-refractivity contribution in [2.75, 3.05) is 19.3 Å². The Kier molecular flexibility index (Phi) is 8.65. The smallest absolute Gasteiger partial charge is 0.238 e. The number of benzene rings is 1. The summed E-state index contributed by atoms with van der Waals surface area (Å²) >= 11 is 1.99. The SMILES string of the molecule is CN=C(NCc1cccc(S(N)(=O)=O)c1)NCC1CCCS1.I. The summed E-state index contributed by atoms with van der Waals surface area (Å²) in [6.07, 6.45) is 2.52. The minimum absolute atomic E-state index is 0. The Labute approximate surface area is 159 Å². The highest BCUT2D eigenvalue weighted by Crippen LogP contribution is 2.25. The quantitative estimate of drug-likeness (QED) is 0.345. The fraction of sp³-hybridized carbons (Fsp3) is 0.500. The molecule has 1 aromatic rings. The summed E-state index contributed by atoms with van der Waals surface area (Å²) in [6, 6.07) is 6.59.